The molecule has 0 atom stereocenters. The molecule has 2 heterocycles. The van der Waals surface area contributed by atoms with Gasteiger partial charge in [-0.1, -0.05) is 24.3 Å². The number of piperidine rings is 1. The predicted octanol–water partition coefficient (Wildman–Crippen LogP) is 1.45. The highest BCUT2D eigenvalue weighted by atomic mass is 16.1. The Morgan fingerprint density at radius 3 is 2.44 bits per heavy atom. The maximum atomic E-state index is 11.3. The molecule has 1 aromatic heterocycles. The average molecular weight is 339 g/mol. The average Bonchev–Trinajstić information content (AvgIpc) is 3.18. The summed E-state index contributed by atoms with van der Waals surface area (Å²) in [6, 6.07) is 8.89. The van der Waals surface area contributed by atoms with Crippen LogP contribution in [0.3, 0.4) is 0 Å². The summed E-state index contributed by atoms with van der Waals surface area (Å²) in [5, 5.41) is 4.70. The van der Waals surface area contributed by atoms with Crippen molar-refractivity contribution in [1.82, 2.24) is 19.7 Å². The molecule has 1 aliphatic carbocycles. The van der Waals surface area contributed by atoms with E-state index in [2.05, 4.69) is 40.9 Å². The van der Waals surface area contributed by atoms with Gasteiger partial charge < -0.3 is 10.6 Å². The van der Waals surface area contributed by atoms with Crippen molar-refractivity contribution in [2.45, 2.75) is 44.1 Å². The molecule has 0 saturated carbocycles. The third-order valence-electron chi connectivity index (χ3n) is 5.49. The van der Waals surface area contributed by atoms with Crippen LogP contribution in [0.1, 0.15) is 47.6 Å². The number of benzene rings is 1. The molecule has 0 radical (unpaired) electrons. The van der Waals surface area contributed by atoms with Gasteiger partial charge in [-0.3, -0.25) is 4.79 Å². The molecule has 2 aromatic rings. The molecular weight excluding hydrogens is 314 g/mol. The van der Waals surface area contributed by atoms with Gasteiger partial charge in [0.15, 0.2) is 5.82 Å². The Kier molecular flexibility index (Phi) is 4.29. The number of hydrogen-bond acceptors (Lipinski definition) is 4. The first-order valence-corrected chi connectivity index (χ1v) is 9.09. The molecule has 132 valence electrons. The Hall–Kier alpha value is -2.21. The standard InChI is InChI=1S/C19H25N5O/c1-23-8-6-13(7-9-23)19-21-18(12-17(20)25)22-24(19)16-10-14-4-2-3-5-15(14)11-16/h2-5,13,16H,6-12H2,1H3,(H2,20,25). The van der Waals surface area contributed by atoms with E-state index in [1.165, 1.54) is 11.1 Å². The number of primary amides is 1. The number of aromatic nitrogens is 3. The summed E-state index contributed by atoms with van der Waals surface area (Å²) in [6.45, 7) is 2.15. The molecule has 2 N–H and O–H groups in total. The number of nitrogens with zero attached hydrogens (tertiary/aromatic N) is 4. The second-order valence-corrected chi connectivity index (χ2v) is 7.38. The molecule has 1 saturated heterocycles. The Labute approximate surface area is 148 Å². The summed E-state index contributed by atoms with van der Waals surface area (Å²) in [4.78, 5) is 18.4. The zero-order valence-electron chi connectivity index (χ0n) is 14.7. The Balaban J connectivity index is 1.64. The van der Waals surface area contributed by atoms with Crippen LogP contribution in [-0.2, 0) is 24.1 Å². The smallest absolute Gasteiger partial charge is 0.225 e. The summed E-state index contributed by atoms with van der Waals surface area (Å²) < 4.78 is 2.11. The quantitative estimate of drug-likeness (QED) is 0.915. The van der Waals surface area contributed by atoms with E-state index in [4.69, 9.17) is 15.8 Å². The first-order valence-electron chi connectivity index (χ1n) is 9.09. The van der Waals surface area contributed by atoms with Crippen LogP contribution in [0, 0.1) is 0 Å². The van der Waals surface area contributed by atoms with Crippen molar-refractivity contribution in [3.05, 3.63) is 47.0 Å². The van der Waals surface area contributed by atoms with E-state index in [1.807, 2.05) is 0 Å². The van der Waals surface area contributed by atoms with Crippen molar-refractivity contribution in [3.8, 4) is 0 Å². The molecule has 2 aliphatic rings. The van der Waals surface area contributed by atoms with E-state index in [0.29, 0.717) is 17.8 Å². The highest BCUT2D eigenvalue weighted by Crippen LogP contribution is 2.34. The number of carbonyl (C=O) groups excluding carboxylic acids is 1. The van der Waals surface area contributed by atoms with Crippen molar-refractivity contribution < 1.29 is 4.79 Å². The third-order valence-corrected chi connectivity index (χ3v) is 5.49. The Morgan fingerprint density at radius 1 is 1.20 bits per heavy atom. The SMILES string of the molecule is CN1CCC(c2nc(CC(N)=O)nn2C2Cc3ccccc3C2)CC1. The summed E-state index contributed by atoms with van der Waals surface area (Å²) in [7, 11) is 2.16. The highest BCUT2D eigenvalue weighted by Gasteiger charge is 2.30. The lowest BCUT2D eigenvalue weighted by atomic mass is 9.96. The molecule has 6 nitrogen and oxygen atoms in total. The number of rotatable bonds is 4. The topological polar surface area (TPSA) is 77.0 Å². The number of likely N-dealkylation sites (tertiary alicyclic amines) is 1. The lowest BCUT2D eigenvalue weighted by Crippen LogP contribution is -2.31. The molecule has 1 amide bonds. The molecule has 0 unspecified atom stereocenters. The zero-order valence-corrected chi connectivity index (χ0v) is 14.7. The summed E-state index contributed by atoms with van der Waals surface area (Å²) in [5.74, 6) is 1.65. The summed E-state index contributed by atoms with van der Waals surface area (Å²) in [6.07, 6.45) is 4.26. The van der Waals surface area contributed by atoms with Gasteiger partial charge in [0.05, 0.1) is 12.5 Å². The fraction of sp³-hybridized carbons (Fsp3) is 0.526. The van der Waals surface area contributed by atoms with Gasteiger partial charge in [-0.05, 0) is 56.9 Å². The lowest BCUT2D eigenvalue weighted by molar-refractivity contribution is -0.117. The van der Waals surface area contributed by atoms with Crippen molar-refractivity contribution >= 4 is 5.91 Å². The van der Waals surface area contributed by atoms with Crippen LogP contribution in [0.15, 0.2) is 24.3 Å². The zero-order chi connectivity index (χ0) is 17.4. The molecule has 6 heteroatoms. The van der Waals surface area contributed by atoms with Gasteiger partial charge in [-0.2, -0.15) is 5.10 Å². The van der Waals surface area contributed by atoms with Crippen molar-refractivity contribution in [3.63, 3.8) is 0 Å². The fourth-order valence-corrected chi connectivity index (χ4v) is 4.13. The molecular formula is C19H25N5O. The largest absolute Gasteiger partial charge is 0.369 e. The number of hydrogen-bond donors (Lipinski definition) is 1. The van der Waals surface area contributed by atoms with Crippen LogP contribution in [0.4, 0.5) is 0 Å². The first kappa shape index (κ1) is 16.3. The molecule has 1 aliphatic heterocycles. The molecule has 4 rings (SSSR count). The third kappa shape index (κ3) is 3.31. The van der Waals surface area contributed by atoms with Crippen LogP contribution in [0.5, 0.6) is 0 Å². The molecule has 0 bridgehead atoms. The minimum atomic E-state index is -0.373. The maximum Gasteiger partial charge on any atom is 0.225 e. The number of fused-ring (bicyclic) bond motifs is 1. The molecule has 25 heavy (non-hydrogen) atoms. The van der Waals surface area contributed by atoms with E-state index in [0.717, 1.165) is 44.6 Å². The monoisotopic (exact) mass is 339 g/mol. The van der Waals surface area contributed by atoms with E-state index >= 15 is 0 Å². The van der Waals surface area contributed by atoms with Gasteiger partial charge in [0.25, 0.3) is 0 Å². The minimum absolute atomic E-state index is 0.117. The Morgan fingerprint density at radius 2 is 1.84 bits per heavy atom. The van der Waals surface area contributed by atoms with E-state index in [9.17, 15) is 4.79 Å². The van der Waals surface area contributed by atoms with E-state index in [-0.39, 0.29) is 12.3 Å². The second-order valence-electron chi connectivity index (χ2n) is 7.38. The fourth-order valence-electron chi connectivity index (χ4n) is 4.13. The van der Waals surface area contributed by atoms with Crippen LogP contribution in [-0.4, -0.2) is 45.7 Å². The van der Waals surface area contributed by atoms with Gasteiger partial charge >= 0.3 is 0 Å². The summed E-state index contributed by atoms with van der Waals surface area (Å²) in [5.41, 5.74) is 8.16. The van der Waals surface area contributed by atoms with Crippen molar-refractivity contribution in [1.29, 1.82) is 0 Å². The number of carbonyl (C=O) groups is 1. The van der Waals surface area contributed by atoms with Crippen LogP contribution < -0.4 is 5.73 Å². The predicted molar refractivity (Wildman–Crippen MR) is 95.3 cm³/mol. The lowest BCUT2D eigenvalue weighted by Gasteiger charge is -2.29. The van der Waals surface area contributed by atoms with Crippen molar-refractivity contribution in [2.24, 2.45) is 5.73 Å². The maximum absolute atomic E-state index is 11.3. The van der Waals surface area contributed by atoms with Gasteiger partial charge in [-0.15, -0.1) is 0 Å². The number of amides is 1. The first-order chi connectivity index (χ1) is 12.1. The van der Waals surface area contributed by atoms with E-state index < -0.39 is 0 Å². The number of nitrogens with two attached hydrogens (primary N) is 1. The van der Waals surface area contributed by atoms with Gasteiger partial charge in [0.1, 0.15) is 5.82 Å². The van der Waals surface area contributed by atoms with Crippen molar-refractivity contribution in [2.75, 3.05) is 20.1 Å². The molecule has 0 spiro atoms. The van der Waals surface area contributed by atoms with Crippen LogP contribution in [0.25, 0.3) is 0 Å². The highest BCUT2D eigenvalue weighted by molar-refractivity contribution is 5.75. The van der Waals surface area contributed by atoms with Gasteiger partial charge in [0.2, 0.25) is 5.91 Å². The molecule has 1 fully saturated rings. The summed E-state index contributed by atoms with van der Waals surface area (Å²) >= 11 is 0. The Bertz CT molecular complexity index is 751. The second kappa shape index (κ2) is 6.59. The normalized spacial score (nSPS) is 19.2. The van der Waals surface area contributed by atoms with Gasteiger partial charge in [0, 0.05) is 5.92 Å². The minimum Gasteiger partial charge on any atom is -0.369 e. The van der Waals surface area contributed by atoms with Gasteiger partial charge in [-0.25, -0.2) is 9.67 Å². The van der Waals surface area contributed by atoms with Crippen LogP contribution >= 0.6 is 0 Å². The van der Waals surface area contributed by atoms with E-state index in [1.54, 1.807) is 0 Å². The van der Waals surface area contributed by atoms with Crippen LogP contribution in [0.2, 0.25) is 0 Å². The molecule has 1 aromatic carbocycles.